The van der Waals surface area contributed by atoms with E-state index in [1.54, 1.807) is 31.2 Å². The van der Waals surface area contributed by atoms with Gasteiger partial charge < -0.3 is 14.8 Å². The molecule has 0 atom stereocenters. The van der Waals surface area contributed by atoms with E-state index < -0.39 is 23.7 Å². The minimum atomic E-state index is -0.597. The van der Waals surface area contributed by atoms with E-state index in [0.717, 1.165) is 4.90 Å². The first kappa shape index (κ1) is 21.3. The third-order valence-corrected chi connectivity index (χ3v) is 4.81. The van der Waals surface area contributed by atoms with Crippen LogP contribution in [0.25, 0.3) is 0 Å². The second-order valence-corrected chi connectivity index (χ2v) is 6.77. The Bertz CT molecular complexity index is 1000. The first-order valence-corrected chi connectivity index (χ1v) is 9.54. The van der Waals surface area contributed by atoms with Crippen molar-refractivity contribution in [1.82, 2.24) is 4.90 Å². The van der Waals surface area contributed by atoms with Crippen molar-refractivity contribution in [2.75, 3.05) is 25.6 Å². The third kappa shape index (κ3) is 4.13. The Balaban J connectivity index is 1.68. The molecule has 2 aromatic carbocycles. The number of anilines is 1. The van der Waals surface area contributed by atoms with E-state index in [1.807, 2.05) is 0 Å². The molecule has 0 spiro atoms. The molecule has 8 nitrogen and oxygen atoms in total. The van der Waals surface area contributed by atoms with Crippen molar-refractivity contribution >= 4 is 41.0 Å². The number of hydrogen-bond acceptors (Lipinski definition) is 6. The van der Waals surface area contributed by atoms with Crippen LogP contribution in [0.3, 0.4) is 0 Å². The summed E-state index contributed by atoms with van der Waals surface area (Å²) >= 11 is 6.18. The van der Waals surface area contributed by atoms with Crippen LogP contribution in [-0.4, -0.2) is 48.9 Å². The molecular formula is C21H19ClN2O6. The number of rotatable bonds is 7. The van der Waals surface area contributed by atoms with Gasteiger partial charge in [0.25, 0.3) is 11.8 Å². The fraction of sp³-hybridized carbons (Fsp3) is 0.238. The van der Waals surface area contributed by atoms with Crippen LogP contribution in [-0.2, 0) is 9.53 Å². The normalized spacial score (nSPS) is 12.6. The summed E-state index contributed by atoms with van der Waals surface area (Å²) in [5, 5.41) is 2.72. The summed E-state index contributed by atoms with van der Waals surface area (Å²) in [6, 6.07) is 9.26. The zero-order valence-electron chi connectivity index (χ0n) is 16.4. The highest BCUT2D eigenvalue weighted by Crippen LogP contribution is 2.31. The maximum absolute atomic E-state index is 12.4. The first-order valence-electron chi connectivity index (χ1n) is 9.17. The lowest BCUT2D eigenvalue weighted by Gasteiger charge is -2.15. The van der Waals surface area contributed by atoms with E-state index in [4.69, 9.17) is 21.1 Å². The number of nitrogens with one attached hydrogen (secondary N) is 1. The van der Waals surface area contributed by atoms with Gasteiger partial charge in [-0.25, -0.2) is 4.79 Å². The molecule has 0 saturated heterocycles. The topological polar surface area (TPSA) is 102 Å². The molecule has 9 heteroatoms. The van der Waals surface area contributed by atoms with Crippen LogP contribution in [0.15, 0.2) is 36.4 Å². The molecule has 1 aliphatic rings. The fourth-order valence-corrected chi connectivity index (χ4v) is 3.27. The van der Waals surface area contributed by atoms with Gasteiger partial charge in [-0.15, -0.1) is 0 Å². The number of hydrogen-bond donors (Lipinski definition) is 1. The van der Waals surface area contributed by atoms with Crippen LogP contribution in [0.5, 0.6) is 5.75 Å². The monoisotopic (exact) mass is 430 g/mol. The van der Waals surface area contributed by atoms with Crippen LogP contribution >= 0.6 is 11.6 Å². The van der Waals surface area contributed by atoms with E-state index in [0.29, 0.717) is 11.1 Å². The lowest BCUT2D eigenvalue weighted by Crippen LogP contribution is -2.32. The molecule has 0 bridgehead atoms. The Morgan fingerprint density at radius 2 is 1.73 bits per heavy atom. The second-order valence-electron chi connectivity index (χ2n) is 6.36. The number of amides is 3. The number of esters is 1. The number of imide groups is 1. The molecular weight excluding hydrogens is 412 g/mol. The lowest BCUT2D eigenvalue weighted by atomic mass is 10.1. The van der Waals surface area contributed by atoms with E-state index in [-0.39, 0.29) is 41.6 Å². The molecule has 1 heterocycles. The van der Waals surface area contributed by atoms with Crippen LogP contribution in [0, 0.1) is 0 Å². The Morgan fingerprint density at radius 3 is 2.30 bits per heavy atom. The maximum Gasteiger partial charge on any atom is 0.341 e. The molecule has 0 aliphatic carbocycles. The van der Waals surface area contributed by atoms with Crippen molar-refractivity contribution in [2.24, 2.45) is 0 Å². The molecule has 1 N–H and O–H groups in total. The summed E-state index contributed by atoms with van der Waals surface area (Å²) in [5.41, 5.74) is 1.01. The van der Waals surface area contributed by atoms with Crippen molar-refractivity contribution in [3.8, 4) is 5.75 Å². The number of fused-ring (bicyclic) bond motifs is 1. The average Bonchev–Trinajstić information content (AvgIpc) is 2.98. The number of nitrogens with zero attached hydrogens (tertiary/aromatic N) is 1. The highest BCUT2D eigenvalue weighted by Gasteiger charge is 2.35. The molecule has 0 fully saturated rings. The van der Waals surface area contributed by atoms with Crippen LogP contribution < -0.4 is 10.1 Å². The van der Waals surface area contributed by atoms with Crippen molar-refractivity contribution in [3.05, 3.63) is 58.1 Å². The highest BCUT2D eigenvalue weighted by molar-refractivity contribution is 6.34. The average molecular weight is 431 g/mol. The van der Waals surface area contributed by atoms with Gasteiger partial charge in [-0.1, -0.05) is 23.7 Å². The molecule has 156 valence electrons. The standard InChI is InChI=1S/C21H19ClN2O6/c1-3-30-21(28)14-10-15(22)16(11-17(14)29-2)23-18(25)8-9-24-19(26)12-6-4-5-7-13(12)20(24)27/h4-7,10-11H,3,8-9H2,1-2H3,(H,23,25). The van der Waals surface area contributed by atoms with Crippen LogP contribution in [0.2, 0.25) is 5.02 Å². The maximum atomic E-state index is 12.4. The molecule has 0 aromatic heterocycles. The molecule has 0 radical (unpaired) electrons. The Labute approximate surface area is 177 Å². The summed E-state index contributed by atoms with van der Waals surface area (Å²) in [5.74, 6) is -1.73. The van der Waals surface area contributed by atoms with Crippen molar-refractivity contribution in [2.45, 2.75) is 13.3 Å². The number of carbonyl (C=O) groups excluding carboxylic acids is 4. The Hall–Kier alpha value is -3.39. The van der Waals surface area contributed by atoms with Crippen LogP contribution in [0.4, 0.5) is 5.69 Å². The summed E-state index contributed by atoms with van der Waals surface area (Å²) in [6.07, 6.45) is -0.121. The summed E-state index contributed by atoms with van der Waals surface area (Å²) in [4.78, 5) is 50.1. The summed E-state index contributed by atoms with van der Waals surface area (Å²) in [7, 11) is 1.37. The van der Waals surface area contributed by atoms with Gasteiger partial charge in [-0.3, -0.25) is 19.3 Å². The minimum Gasteiger partial charge on any atom is -0.496 e. The molecule has 3 rings (SSSR count). The van der Waals surface area contributed by atoms with Gasteiger partial charge in [-0.2, -0.15) is 0 Å². The lowest BCUT2D eigenvalue weighted by molar-refractivity contribution is -0.116. The van der Waals surface area contributed by atoms with Gasteiger partial charge in [0, 0.05) is 19.0 Å². The minimum absolute atomic E-state index is 0.0756. The SMILES string of the molecule is CCOC(=O)c1cc(Cl)c(NC(=O)CCN2C(=O)c3ccccc3C2=O)cc1OC. The van der Waals surface area contributed by atoms with E-state index in [2.05, 4.69) is 5.32 Å². The molecule has 1 aliphatic heterocycles. The zero-order chi connectivity index (χ0) is 21.8. The number of methoxy groups -OCH3 is 1. The zero-order valence-corrected chi connectivity index (χ0v) is 17.1. The molecule has 2 aromatic rings. The van der Waals surface area contributed by atoms with Gasteiger partial charge >= 0.3 is 5.97 Å². The number of ether oxygens (including phenoxy) is 2. The van der Waals surface area contributed by atoms with Gasteiger partial charge in [0.2, 0.25) is 5.91 Å². The summed E-state index contributed by atoms with van der Waals surface area (Å²) in [6.45, 7) is 1.79. The number of benzene rings is 2. The van der Waals surface area contributed by atoms with Crippen molar-refractivity contribution < 1.29 is 28.7 Å². The quantitative estimate of drug-likeness (QED) is 0.534. The largest absolute Gasteiger partial charge is 0.496 e. The highest BCUT2D eigenvalue weighted by atomic mass is 35.5. The van der Waals surface area contributed by atoms with Gasteiger partial charge in [0.05, 0.1) is 35.6 Å². The van der Waals surface area contributed by atoms with Gasteiger partial charge in [0.1, 0.15) is 11.3 Å². The Morgan fingerprint density at radius 1 is 1.10 bits per heavy atom. The van der Waals surface area contributed by atoms with Gasteiger partial charge in [0.15, 0.2) is 0 Å². The number of carbonyl (C=O) groups is 4. The molecule has 0 unspecified atom stereocenters. The second kappa shape index (κ2) is 8.96. The third-order valence-electron chi connectivity index (χ3n) is 4.50. The van der Waals surface area contributed by atoms with E-state index in [9.17, 15) is 19.2 Å². The molecule has 30 heavy (non-hydrogen) atoms. The van der Waals surface area contributed by atoms with Crippen molar-refractivity contribution in [1.29, 1.82) is 0 Å². The van der Waals surface area contributed by atoms with Crippen LogP contribution in [0.1, 0.15) is 44.4 Å². The Kier molecular flexibility index (Phi) is 6.37. The predicted molar refractivity (Wildman–Crippen MR) is 109 cm³/mol. The fourth-order valence-electron chi connectivity index (χ4n) is 3.05. The summed E-state index contributed by atoms with van der Waals surface area (Å²) < 4.78 is 10.1. The number of halogens is 1. The smallest absolute Gasteiger partial charge is 0.341 e. The molecule has 0 saturated carbocycles. The predicted octanol–water partition coefficient (Wildman–Crippen LogP) is 3.15. The first-order chi connectivity index (χ1) is 14.4. The van der Waals surface area contributed by atoms with Crippen molar-refractivity contribution in [3.63, 3.8) is 0 Å². The molecule has 3 amide bonds. The van der Waals surface area contributed by atoms with E-state index in [1.165, 1.54) is 19.2 Å². The van der Waals surface area contributed by atoms with E-state index >= 15 is 0 Å². The van der Waals surface area contributed by atoms with Gasteiger partial charge in [-0.05, 0) is 25.1 Å².